The number of rotatable bonds is 7. The van der Waals surface area contributed by atoms with Crippen molar-refractivity contribution in [3.05, 3.63) is 30.1 Å². The Hall–Kier alpha value is -1.56. The van der Waals surface area contributed by atoms with Crippen molar-refractivity contribution in [1.29, 1.82) is 0 Å². The van der Waals surface area contributed by atoms with E-state index in [1.165, 1.54) is 18.4 Å². The first-order valence-electron chi connectivity index (χ1n) is 9.10. The van der Waals surface area contributed by atoms with E-state index in [4.69, 9.17) is 0 Å². The summed E-state index contributed by atoms with van der Waals surface area (Å²) in [5, 5.41) is 2.86. The quantitative estimate of drug-likeness (QED) is 0.653. The van der Waals surface area contributed by atoms with Crippen molar-refractivity contribution < 1.29 is 26.0 Å². The Labute approximate surface area is 164 Å². The van der Waals surface area contributed by atoms with Crippen LogP contribution in [0.25, 0.3) is 0 Å². The van der Waals surface area contributed by atoms with E-state index >= 15 is 0 Å². The molecular weight excluding hydrogens is 409 g/mol. The van der Waals surface area contributed by atoms with E-state index < -0.39 is 30.8 Å². The first-order chi connectivity index (χ1) is 13.1. The van der Waals surface area contributed by atoms with Crippen LogP contribution in [-0.2, 0) is 24.8 Å². The Morgan fingerprint density at radius 3 is 2.32 bits per heavy atom. The van der Waals surface area contributed by atoms with Gasteiger partial charge in [-0.3, -0.25) is 4.79 Å². The highest BCUT2D eigenvalue weighted by atomic mass is 32.2. The van der Waals surface area contributed by atoms with Crippen LogP contribution in [0.3, 0.4) is 0 Å². The average Bonchev–Trinajstić information content (AvgIpc) is 2.87. The minimum atomic E-state index is -4.03. The summed E-state index contributed by atoms with van der Waals surface area (Å²) in [6.07, 6.45) is 3.79. The fourth-order valence-corrected chi connectivity index (χ4v) is 6.71. The van der Waals surface area contributed by atoms with Crippen molar-refractivity contribution in [2.45, 2.75) is 55.1 Å². The zero-order valence-corrected chi connectivity index (χ0v) is 17.1. The molecule has 2 N–H and O–H groups in total. The first-order valence-corrected chi connectivity index (χ1v) is 12.4. The molecule has 28 heavy (non-hydrogen) atoms. The van der Waals surface area contributed by atoms with Crippen molar-refractivity contribution in [3.8, 4) is 0 Å². The normalized spacial score (nSPS) is 25.6. The highest BCUT2D eigenvalue weighted by Gasteiger charge is 2.45. The molecule has 2 atom stereocenters. The third kappa shape index (κ3) is 4.70. The number of halogens is 1. The minimum absolute atomic E-state index is 0.0880. The Balaban J connectivity index is 1.49. The maximum atomic E-state index is 13.6. The molecule has 2 aliphatic rings. The topological polar surface area (TPSA) is 113 Å². The highest BCUT2D eigenvalue weighted by molar-refractivity contribution is 7.89. The van der Waals surface area contributed by atoms with Crippen molar-refractivity contribution in [1.82, 2.24) is 14.3 Å². The predicted molar refractivity (Wildman–Crippen MR) is 101 cm³/mol. The fourth-order valence-electron chi connectivity index (χ4n) is 4.13. The molecule has 2 heterocycles. The second kappa shape index (κ2) is 8.05. The maximum absolute atomic E-state index is 13.6. The van der Waals surface area contributed by atoms with Gasteiger partial charge in [0.2, 0.25) is 26.0 Å². The molecule has 11 heteroatoms. The molecule has 1 aromatic carbocycles. The van der Waals surface area contributed by atoms with Gasteiger partial charge in [-0.15, -0.1) is 0 Å². The lowest BCUT2D eigenvalue weighted by Crippen LogP contribution is -2.52. The summed E-state index contributed by atoms with van der Waals surface area (Å²) in [4.78, 5) is 11.7. The van der Waals surface area contributed by atoms with Crippen LogP contribution in [0.5, 0.6) is 0 Å². The van der Waals surface area contributed by atoms with Gasteiger partial charge in [-0.05, 0) is 37.8 Å². The van der Waals surface area contributed by atoms with E-state index in [1.54, 1.807) is 4.31 Å². The van der Waals surface area contributed by atoms with Gasteiger partial charge in [0, 0.05) is 31.1 Å². The van der Waals surface area contributed by atoms with Crippen molar-refractivity contribution in [2.75, 3.05) is 12.8 Å². The predicted octanol–water partition coefficient (Wildman–Crippen LogP) is 0.565. The Morgan fingerprint density at radius 2 is 1.75 bits per heavy atom. The molecule has 2 unspecified atom stereocenters. The molecule has 0 spiro atoms. The van der Waals surface area contributed by atoms with Crippen LogP contribution in [0, 0.1) is 5.82 Å². The van der Waals surface area contributed by atoms with Crippen LogP contribution in [0.15, 0.2) is 29.2 Å². The molecule has 1 amide bonds. The lowest BCUT2D eigenvalue weighted by Gasteiger charge is -2.37. The lowest BCUT2D eigenvalue weighted by atomic mass is 9.99. The number of fused-ring (bicyclic) bond motifs is 2. The van der Waals surface area contributed by atoms with Gasteiger partial charge >= 0.3 is 0 Å². The van der Waals surface area contributed by atoms with E-state index in [9.17, 15) is 26.0 Å². The minimum Gasteiger partial charge on any atom is -0.353 e. The van der Waals surface area contributed by atoms with Gasteiger partial charge in [-0.25, -0.2) is 25.9 Å². The molecule has 3 rings (SSSR count). The third-order valence-corrected chi connectivity index (χ3v) is 8.04. The van der Waals surface area contributed by atoms with Crippen LogP contribution in [0.4, 0.5) is 4.39 Å². The molecule has 0 radical (unpaired) electrons. The molecule has 0 aromatic heterocycles. The SMILES string of the molecule is CS(=O)(=O)N1C2CCC1CC(NC(=O)CCNS(=O)(=O)c1ccccc1F)C2. The van der Waals surface area contributed by atoms with Crippen LogP contribution < -0.4 is 10.0 Å². The Kier molecular flexibility index (Phi) is 6.08. The average molecular weight is 434 g/mol. The molecule has 1 aromatic rings. The summed E-state index contributed by atoms with van der Waals surface area (Å²) in [6.45, 7) is -0.155. The number of piperidine rings is 1. The Bertz CT molecular complexity index is 937. The standard InChI is InChI=1S/C17H24FN3O5S2/c1-27(23,24)21-13-6-7-14(21)11-12(10-13)20-17(22)8-9-19-28(25,26)16-5-3-2-4-15(16)18/h2-5,12-14,19H,6-11H2,1H3,(H,20,22). The third-order valence-electron chi connectivity index (χ3n) is 5.18. The largest absolute Gasteiger partial charge is 0.353 e. The number of carbonyl (C=O) groups is 1. The van der Waals surface area contributed by atoms with E-state index in [-0.39, 0.29) is 37.0 Å². The highest BCUT2D eigenvalue weighted by Crippen LogP contribution is 2.37. The number of hydrogen-bond acceptors (Lipinski definition) is 5. The number of carbonyl (C=O) groups excluding carboxylic acids is 1. The van der Waals surface area contributed by atoms with Crippen LogP contribution >= 0.6 is 0 Å². The molecule has 2 bridgehead atoms. The monoisotopic (exact) mass is 433 g/mol. The number of sulfonamides is 2. The smallest absolute Gasteiger partial charge is 0.243 e. The molecule has 2 aliphatic heterocycles. The van der Waals surface area contributed by atoms with Gasteiger partial charge in [-0.2, -0.15) is 4.31 Å². The zero-order chi connectivity index (χ0) is 20.5. The van der Waals surface area contributed by atoms with Crippen LogP contribution in [-0.4, -0.2) is 58.0 Å². The van der Waals surface area contributed by atoms with Gasteiger partial charge in [-0.1, -0.05) is 12.1 Å². The number of nitrogens with zero attached hydrogens (tertiary/aromatic N) is 1. The zero-order valence-electron chi connectivity index (χ0n) is 15.5. The summed E-state index contributed by atoms with van der Waals surface area (Å²) in [5.41, 5.74) is 0. The second-order valence-corrected chi connectivity index (χ2v) is 10.9. The summed E-state index contributed by atoms with van der Waals surface area (Å²) >= 11 is 0. The van der Waals surface area contributed by atoms with Gasteiger partial charge in [0.25, 0.3) is 0 Å². The molecule has 2 saturated heterocycles. The van der Waals surface area contributed by atoms with Crippen molar-refractivity contribution in [2.24, 2.45) is 0 Å². The molecule has 156 valence electrons. The number of hydrogen-bond donors (Lipinski definition) is 2. The van der Waals surface area contributed by atoms with Crippen molar-refractivity contribution >= 4 is 26.0 Å². The summed E-state index contributed by atoms with van der Waals surface area (Å²) in [5.74, 6) is -1.18. The van der Waals surface area contributed by atoms with E-state index in [2.05, 4.69) is 10.0 Å². The van der Waals surface area contributed by atoms with Gasteiger partial charge < -0.3 is 5.32 Å². The summed E-state index contributed by atoms with van der Waals surface area (Å²) in [7, 11) is -7.29. The fraction of sp³-hybridized carbons (Fsp3) is 0.588. The van der Waals surface area contributed by atoms with Crippen LogP contribution in [0.2, 0.25) is 0 Å². The van der Waals surface area contributed by atoms with E-state index in [1.807, 2.05) is 0 Å². The Morgan fingerprint density at radius 1 is 1.14 bits per heavy atom. The first kappa shape index (κ1) is 21.2. The molecule has 8 nitrogen and oxygen atoms in total. The maximum Gasteiger partial charge on any atom is 0.243 e. The van der Waals surface area contributed by atoms with Gasteiger partial charge in [0.1, 0.15) is 10.7 Å². The molecule has 0 aliphatic carbocycles. The van der Waals surface area contributed by atoms with E-state index in [0.29, 0.717) is 12.8 Å². The van der Waals surface area contributed by atoms with E-state index in [0.717, 1.165) is 25.0 Å². The second-order valence-electron chi connectivity index (χ2n) is 7.29. The number of benzene rings is 1. The van der Waals surface area contributed by atoms with Crippen molar-refractivity contribution in [3.63, 3.8) is 0 Å². The number of amides is 1. The van der Waals surface area contributed by atoms with Crippen LogP contribution in [0.1, 0.15) is 32.1 Å². The number of nitrogens with one attached hydrogen (secondary N) is 2. The lowest BCUT2D eigenvalue weighted by molar-refractivity contribution is -0.122. The van der Waals surface area contributed by atoms with Gasteiger partial charge in [0.15, 0.2) is 0 Å². The summed E-state index contributed by atoms with van der Waals surface area (Å²) < 4.78 is 65.4. The van der Waals surface area contributed by atoms with Gasteiger partial charge in [0.05, 0.1) is 6.26 Å². The summed E-state index contributed by atoms with van der Waals surface area (Å²) in [6, 6.07) is 4.69. The molecule has 2 fully saturated rings. The molecular formula is C17H24FN3O5S2. The molecule has 0 saturated carbocycles.